The van der Waals surface area contributed by atoms with Crippen LogP contribution >= 0.6 is 27.5 Å². The smallest absolute Gasteiger partial charge is 0.131 e. The van der Waals surface area contributed by atoms with Crippen molar-refractivity contribution in [2.45, 2.75) is 6.04 Å². The molecule has 0 aliphatic heterocycles. The summed E-state index contributed by atoms with van der Waals surface area (Å²) in [6.07, 6.45) is 0. The summed E-state index contributed by atoms with van der Waals surface area (Å²) in [5.74, 6) is -0.247. The van der Waals surface area contributed by atoms with E-state index in [1.165, 1.54) is 6.07 Å². The molecule has 106 valence electrons. The van der Waals surface area contributed by atoms with Crippen LogP contribution in [-0.2, 0) is 0 Å². The number of hydrogen-bond acceptors (Lipinski definition) is 1. The van der Waals surface area contributed by atoms with Crippen molar-refractivity contribution in [3.8, 4) is 0 Å². The second kappa shape index (κ2) is 5.76. The van der Waals surface area contributed by atoms with Crippen LogP contribution in [0.15, 0.2) is 59.1 Å². The van der Waals surface area contributed by atoms with E-state index in [-0.39, 0.29) is 5.82 Å². The predicted octanol–water partition coefficient (Wildman–Crippen LogP) is 5.44. The van der Waals surface area contributed by atoms with Gasteiger partial charge in [0.1, 0.15) is 5.82 Å². The Morgan fingerprint density at radius 3 is 2.33 bits per heavy atom. The molecule has 4 heteroatoms. The molecule has 3 rings (SSSR count). The quantitative estimate of drug-likeness (QED) is 0.643. The van der Waals surface area contributed by atoms with Crippen molar-refractivity contribution in [1.82, 2.24) is 0 Å². The van der Waals surface area contributed by atoms with Crippen LogP contribution in [0.1, 0.15) is 17.2 Å². The zero-order valence-corrected chi connectivity index (χ0v) is 13.3. The lowest BCUT2D eigenvalue weighted by Crippen LogP contribution is -2.13. The van der Waals surface area contributed by atoms with Crippen LogP contribution in [0, 0.1) is 5.82 Å². The molecule has 3 aromatic carbocycles. The Labute approximate surface area is 135 Å². The van der Waals surface area contributed by atoms with Crippen LogP contribution in [0.2, 0.25) is 5.02 Å². The highest BCUT2D eigenvalue weighted by atomic mass is 79.9. The molecule has 0 bridgehead atoms. The lowest BCUT2D eigenvalue weighted by molar-refractivity contribution is 0.639. The third-order valence-corrected chi connectivity index (χ3v) is 4.36. The van der Waals surface area contributed by atoms with Gasteiger partial charge in [0.15, 0.2) is 0 Å². The molecule has 0 radical (unpaired) electrons. The number of benzene rings is 3. The first kappa shape index (κ1) is 14.5. The maximum Gasteiger partial charge on any atom is 0.131 e. The van der Waals surface area contributed by atoms with Crippen LogP contribution in [0.5, 0.6) is 0 Å². The Morgan fingerprint density at radius 2 is 1.62 bits per heavy atom. The maximum absolute atomic E-state index is 13.9. The zero-order chi connectivity index (χ0) is 15.0. The Balaban J connectivity index is 2.18. The average Bonchev–Trinajstić information content (AvgIpc) is 2.47. The molecule has 0 saturated carbocycles. The summed E-state index contributed by atoms with van der Waals surface area (Å²) in [6.45, 7) is 0. The molecule has 0 amide bonds. The number of halogens is 3. The van der Waals surface area contributed by atoms with Gasteiger partial charge in [-0.25, -0.2) is 4.39 Å². The largest absolute Gasteiger partial charge is 0.320 e. The number of rotatable bonds is 2. The van der Waals surface area contributed by atoms with E-state index >= 15 is 0 Å². The molecule has 0 spiro atoms. The molecule has 0 aromatic heterocycles. The van der Waals surface area contributed by atoms with E-state index in [0.29, 0.717) is 10.4 Å². The minimum Gasteiger partial charge on any atom is -0.320 e. The van der Waals surface area contributed by atoms with Gasteiger partial charge in [-0.3, -0.25) is 0 Å². The van der Waals surface area contributed by atoms with Crippen LogP contribution in [0.3, 0.4) is 0 Å². The van der Waals surface area contributed by atoms with Gasteiger partial charge in [0.05, 0.1) is 6.04 Å². The second-order valence-corrected chi connectivity index (χ2v) is 6.15. The highest BCUT2D eigenvalue weighted by Gasteiger charge is 2.16. The highest BCUT2D eigenvalue weighted by molar-refractivity contribution is 9.10. The summed E-state index contributed by atoms with van der Waals surface area (Å²) in [5.41, 5.74) is 8.04. The third-order valence-electron chi connectivity index (χ3n) is 3.54. The molecule has 1 nitrogen and oxygen atoms in total. The summed E-state index contributed by atoms with van der Waals surface area (Å²) >= 11 is 9.65. The minimum atomic E-state index is -0.406. The molecule has 0 fully saturated rings. The lowest BCUT2D eigenvalue weighted by atomic mass is 9.94. The Kier molecular flexibility index (Phi) is 3.98. The molecule has 3 aromatic rings. The van der Waals surface area contributed by atoms with Crippen molar-refractivity contribution in [2.75, 3.05) is 0 Å². The van der Waals surface area contributed by atoms with Gasteiger partial charge < -0.3 is 5.73 Å². The summed E-state index contributed by atoms with van der Waals surface area (Å²) < 4.78 is 14.8. The standard InChI is InChI=1S/C17H12BrClFN/c18-10-5-6-14(15(19)9-10)17(21)13-7-8-16(20)12-4-2-1-3-11(12)13/h1-9,17H,21H2. The first-order valence-corrected chi connectivity index (χ1v) is 7.62. The topological polar surface area (TPSA) is 26.0 Å². The van der Waals surface area contributed by atoms with Gasteiger partial charge in [0, 0.05) is 14.9 Å². The molecule has 1 atom stereocenters. The Bertz CT molecular complexity index is 819. The normalized spacial score (nSPS) is 12.6. The fourth-order valence-corrected chi connectivity index (χ4v) is 3.27. The third kappa shape index (κ3) is 2.69. The second-order valence-electron chi connectivity index (χ2n) is 4.83. The molecule has 0 aliphatic rings. The summed E-state index contributed by atoms with van der Waals surface area (Å²) in [6, 6.07) is 15.7. The van der Waals surface area contributed by atoms with Crippen LogP contribution in [0.4, 0.5) is 4.39 Å². The molecule has 1 unspecified atom stereocenters. The Morgan fingerprint density at radius 1 is 0.952 bits per heavy atom. The van der Waals surface area contributed by atoms with Gasteiger partial charge in [-0.05, 0) is 34.7 Å². The first-order chi connectivity index (χ1) is 10.1. The predicted molar refractivity (Wildman–Crippen MR) is 89.1 cm³/mol. The van der Waals surface area contributed by atoms with Gasteiger partial charge in [-0.15, -0.1) is 0 Å². The maximum atomic E-state index is 13.9. The van der Waals surface area contributed by atoms with Crippen molar-refractivity contribution in [2.24, 2.45) is 5.73 Å². The van der Waals surface area contributed by atoms with Crippen molar-refractivity contribution < 1.29 is 4.39 Å². The van der Waals surface area contributed by atoms with Crippen molar-refractivity contribution >= 4 is 38.3 Å². The van der Waals surface area contributed by atoms with Crippen molar-refractivity contribution in [3.05, 3.63) is 81.0 Å². The SMILES string of the molecule is NC(c1ccc(Br)cc1Cl)c1ccc(F)c2ccccc12. The Hall–Kier alpha value is -1.42. The number of nitrogens with two attached hydrogens (primary N) is 1. The average molecular weight is 365 g/mol. The summed E-state index contributed by atoms with van der Waals surface area (Å²) in [5, 5.41) is 1.97. The van der Waals surface area contributed by atoms with E-state index in [2.05, 4.69) is 15.9 Å². The highest BCUT2D eigenvalue weighted by Crippen LogP contribution is 2.33. The molecule has 0 aliphatic carbocycles. The fraction of sp³-hybridized carbons (Fsp3) is 0.0588. The molecule has 0 heterocycles. The lowest BCUT2D eigenvalue weighted by Gasteiger charge is -2.17. The van der Waals surface area contributed by atoms with Gasteiger partial charge in [0.2, 0.25) is 0 Å². The van der Waals surface area contributed by atoms with Gasteiger partial charge in [0.25, 0.3) is 0 Å². The molecular weight excluding hydrogens is 353 g/mol. The van der Waals surface area contributed by atoms with E-state index in [9.17, 15) is 4.39 Å². The fourth-order valence-electron chi connectivity index (χ4n) is 2.48. The number of hydrogen-bond donors (Lipinski definition) is 1. The van der Waals surface area contributed by atoms with E-state index in [0.717, 1.165) is 21.0 Å². The monoisotopic (exact) mass is 363 g/mol. The van der Waals surface area contributed by atoms with Gasteiger partial charge in [-0.2, -0.15) is 0 Å². The first-order valence-electron chi connectivity index (χ1n) is 6.45. The summed E-state index contributed by atoms with van der Waals surface area (Å²) in [4.78, 5) is 0. The van der Waals surface area contributed by atoms with E-state index < -0.39 is 6.04 Å². The van der Waals surface area contributed by atoms with Gasteiger partial charge in [-0.1, -0.05) is 63.9 Å². The van der Waals surface area contributed by atoms with Crippen molar-refractivity contribution in [3.63, 3.8) is 0 Å². The van der Waals surface area contributed by atoms with Crippen LogP contribution < -0.4 is 5.73 Å². The van der Waals surface area contributed by atoms with Gasteiger partial charge >= 0.3 is 0 Å². The molecule has 21 heavy (non-hydrogen) atoms. The molecule has 0 saturated heterocycles. The number of fused-ring (bicyclic) bond motifs is 1. The molecular formula is C17H12BrClFN. The van der Waals surface area contributed by atoms with Crippen molar-refractivity contribution in [1.29, 1.82) is 0 Å². The zero-order valence-electron chi connectivity index (χ0n) is 11.0. The van der Waals surface area contributed by atoms with Crippen LogP contribution in [-0.4, -0.2) is 0 Å². The minimum absolute atomic E-state index is 0.247. The summed E-state index contributed by atoms with van der Waals surface area (Å²) in [7, 11) is 0. The van der Waals surface area contributed by atoms with E-state index in [1.807, 2.05) is 36.4 Å². The van der Waals surface area contributed by atoms with Crippen LogP contribution in [0.25, 0.3) is 10.8 Å². The van der Waals surface area contributed by atoms with E-state index in [4.69, 9.17) is 17.3 Å². The van der Waals surface area contributed by atoms with E-state index in [1.54, 1.807) is 12.1 Å². The molecule has 2 N–H and O–H groups in total.